The highest BCUT2D eigenvalue weighted by molar-refractivity contribution is 7.80. The van der Waals surface area contributed by atoms with Crippen LogP contribution in [0.2, 0.25) is 0 Å². The summed E-state index contributed by atoms with van der Waals surface area (Å²) in [5, 5.41) is 0. The average Bonchev–Trinajstić information content (AvgIpc) is 2.00. The molecule has 1 N–H and O–H groups in total. The van der Waals surface area contributed by atoms with Crippen molar-refractivity contribution in [3.05, 3.63) is 24.3 Å². The van der Waals surface area contributed by atoms with Crippen molar-refractivity contribution in [3.63, 3.8) is 0 Å². The van der Waals surface area contributed by atoms with Crippen LogP contribution in [0.5, 0.6) is 0 Å². The van der Waals surface area contributed by atoms with E-state index in [0.29, 0.717) is 12.8 Å². The van der Waals surface area contributed by atoms with Gasteiger partial charge < -0.3 is 0 Å². The van der Waals surface area contributed by atoms with Crippen LogP contribution in [0.25, 0.3) is 0 Å². The fourth-order valence-corrected chi connectivity index (χ4v) is 1.70. The van der Waals surface area contributed by atoms with Crippen LogP contribution in [0.4, 0.5) is 0 Å². The van der Waals surface area contributed by atoms with E-state index in [1.54, 1.807) is 6.92 Å². The average molecular weight is 234 g/mol. The lowest BCUT2D eigenvalue weighted by Crippen LogP contribution is -2.28. The van der Waals surface area contributed by atoms with Crippen molar-refractivity contribution in [1.29, 1.82) is 0 Å². The highest BCUT2D eigenvalue weighted by Crippen LogP contribution is 2.21. The van der Waals surface area contributed by atoms with E-state index in [1.165, 1.54) is 6.08 Å². The van der Waals surface area contributed by atoms with Gasteiger partial charge in [0, 0.05) is 0 Å². The van der Waals surface area contributed by atoms with Gasteiger partial charge in [-0.1, -0.05) is 17.7 Å². The summed E-state index contributed by atoms with van der Waals surface area (Å²) in [5.41, 5.74) is 0.0905. The van der Waals surface area contributed by atoms with E-state index in [1.807, 2.05) is 19.9 Å². The molecule has 0 bridgehead atoms. The summed E-state index contributed by atoms with van der Waals surface area (Å²) in [6.07, 6.45) is 4.45. The van der Waals surface area contributed by atoms with Crippen molar-refractivity contribution < 1.29 is 17.2 Å². The number of rotatable bonds is 6. The molecule has 0 heterocycles. The molecule has 0 aromatic rings. The van der Waals surface area contributed by atoms with Gasteiger partial charge in [0.2, 0.25) is 0 Å². The summed E-state index contributed by atoms with van der Waals surface area (Å²) in [4.78, 5) is 0. The zero-order valence-corrected chi connectivity index (χ0v) is 10.2. The van der Waals surface area contributed by atoms with Gasteiger partial charge in [0.15, 0.2) is 0 Å². The van der Waals surface area contributed by atoms with Crippen molar-refractivity contribution in [3.8, 4) is 0 Å². The maximum atomic E-state index is 10.6. The summed E-state index contributed by atoms with van der Waals surface area (Å²) in [6, 6.07) is 0. The topological polar surface area (TPSA) is 63.6 Å². The standard InChI is InChI=1S/C10H18O4S/c1-5-10(4,14-15(11,12)13)8-6-7-9(2)3/h5,7H,1,6,8H2,2-4H3,(H,11,12,13). The molecule has 4 nitrogen and oxygen atoms in total. The molecule has 0 spiro atoms. The van der Waals surface area contributed by atoms with Crippen LogP contribution in [0.3, 0.4) is 0 Å². The summed E-state index contributed by atoms with van der Waals surface area (Å²) in [6.45, 7) is 8.96. The molecule has 0 amide bonds. The van der Waals surface area contributed by atoms with E-state index in [-0.39, 0.29) is 0 Å². The normalized spacial score (nSPS) is 15.5. The van der Waals surface area contributed by atoms with Crippen LogP contribution < -0.4 is 0 Å². The smallest absolute Gasteiger partial charge is 0.264 e. The largest absolute Gasteiger partial charge is 0.398 e. The number of allylic oxidation sites excluding steroid dienone is 2. The first-order chi connectivity index (χ1) is 6.68. The fourth-order valence-electron chi connectivity index (χ4n) is 1.07. The predicted octanol–water partition coefficient (Wildman–Crippen LogP) is 2.50. The first-order valence-corrected chi connectivity index (χ1v) is 6.00. The number of hydrogen-bond acceptors (Lipinski definition) is 3. The van der Waals surface area contributed by atoms with E-state index in [2.05, 4.69) is 10.8 Å². The Bertz CT molecular complexity index is 338. The second kappa shape index (κ2) is 5.44. The molecule has 5 heteroatoms. The quantitative estimate of drug-likeness (QED) is 0.566. The van der Waals surface area contributed by atoms with Crippen LogP contribution in [-0.2, 0) is 14.6 Å². The SMILES string of the molecule is C=CC(C)(CCC=C(C)C)OS(=O)(=O)O. The van der Waals surface area contributed by atoms with Gasteiger partial charge in [0.05, 0.1) is 0 Å². The molecule has 88 valence electrons. The molecule has 0 aromatic carbocycles. The van der Waals surface area contributed by atoms with Gasteiger partial charge in [0.25, 0.3) is 0 Å². The molecule has 0 rings (SSSR count). The van der Waals surface area contributed by atoms with Crippen LogP contribution in [-0.4, -0.2) is 18.6 Å². The van der Waals surface area contributed by atoms with Gasteiger partial charge in [-0.05, 0) is 33.6 Å². The van der Waals surface area contributed by atoms with Gasteiger partial charge >= 0.3 is 10.4 Å². The lowest BCUT2D eigenvalue weighted by atomic mass is 10.00. The second-order valence-electron chi connectivity index (χ2n) is 3.85. The monoisotopic (exact) mass is 234 g/mol. The van der Waals surface area contributed by atoms with Gasteiger partial charge in [-0.2, -0.15) is 8.42 Å². The van der Waals surface area contributed by atoms with Crippen molar-refractivity contribution in [2.24, 2.45) is 0 Å². The van der Waals surface area contributed by atoms with E-state index in [4.69, 9.17) is 4.55 Å². The summed E-state index contributed by atoms with van der Waals surface area (Å²) in [5.74, 6) is 0. The van der Waals surface area contributed by atoms with Gasteiger partial charge in [0.1, 0.15) is 5.60 Å². The third-order valence-electron chi connectivity index (χ3n) is 1.92. The molecule has 0 aliphatic heterocycles. The first-order valence-electron chi connectivity index (χ1n) is 4.63. The fraction of sp³-hybridized carbons (Fsp3) is 0.600. The lowest BCUT2D eigenvalue weighted by Gasteiger charge is -2.22. The molecule has 1 atom stereocenters. The van der Waals surface area contributed by atoms with Gasteiger partial charge in [-0.25, -0.2) is 4.18 Å². The highest BCUT2D eigenvalue weighted by Gasteiger charge is 2.26. The molecule has 1 unspecified atom stereocenters. The third-order valence-corrected chi connectivity index (χ3v) is 2.51. The first kappa shape index (κ1) is 14.3. The molecular weight excluding hydrogens is 216 g/mol. The maximum Gasteiger partial charge on any atom is 0.398 e. The molecule has 0 fully saturated rings. The Morgan fingerprint density at radius 2 is 2.07 bits per heavy atom. The highest BCUT2D eigenvalue weighted by atomic mass is 32.3. The molecule has 0 aromatic heterocycles. The van der Waals surface area contributed by atoms with Crippen molar-refractivity contribution in [2.75, 3.05) is 0 Å². The van der Waals surface area contributed by atoms with E-state index in [0.717, 1.165) is 5.57 Å². The van der Waals surface area contributed by atoms with Crippen molar-refractivity contribution in [1.82, 2.24) is 0 Å². The summed E-state index contributed by atoms with van der Waals surface area (Å²) in [7, 11) is -4.44. The Balaban J connectivity index is 4.46. The van der Waals surface area contributed by atoms with E-state index in [9.17, 15) is 8.42 Å². The minimum absolute atomic E-state index is 0.446. The minimum atomic E-state index is -4.44. The Hall–Kier alpha value is -0.650. The Morgan fingerprint density at radius 1 is 1.53 bits per heavy atom. The summed E-state index contributed by atoms with van der Waals surface area (Å²) < 4.78 is 34.3. The van der Waals surface area contributed by atoms with Crippen LogP contribution in [0, 0.1) is 0 Å². The number of hydrogen-bond donors (Lipinski definition) is 1. The molecule has 0 radical (unpaired) electrons. The van der Waals surface area contributed by atoms with Crippen molar-refractivity contribution >= 4 is 10.4 Å². The van der Waals surface area contributed by atoms with Gasteiger partial charge in [-0.15, -0.1) is 6.58 Å². The summed E-state index contributed by atoms with van der Waals surface area (Å²) >= 11 is 0. The van der Waals surface area contributed by atoms with E-state index < -0.39 is 16.0 Å². The molecule has 0 aliphatic rings. The second-order valence-corrected chi connectivity index (χ2v) is 4.87. The van der Waals surface area contributed by atoms with Crippen LogP contribution in [0.15, 0.2) is 24.3 Å². The predicted molar refractivity (Wildman–Crippen MR) is 59.9 cm³/mol. The molecule has 0 saturated heterocycles. The molecular formula is C10H18O4S. The van der Waals surface area contributed by atoms with E-state index >= 15 is 0 Å². The lowest BCUT2D eigenvalue weighted by molar-refractivity contribution is 0.120. The van der Waals surface area contributed by atoms with Gasteiger partial charge in [-0.3, -0.25) is 4.55 Å². The molecule has 0 saturated carbocycles. The zero-order valence-electron chi connectivity index (χ0n) is 9.36. The molecule has 15 heavy (non-hydrogen) atoms. The Kier molecular flexibility index (Phi) is 5.20. The van der Waals surface area contributed by atoms with Crippen molar-refractivity contribution in [2.45, 2.75) is 39.2 Å². The van der Waals surface area contributed by atoms with Crippen LogP contribution in [0.1, 0.15) is 33.6 Å². The minimum Gasteiger partial charge on any atom is -0.264 e. The zero-order chi connectivity index (χ0) is 12.1. The van der Waals surface area contributed by atoms with Crippen LogP contribution >= 0.6 is 0 Å². The Labute approximate surface area is 91.6 Å². The third kappa shape index (κ3) is 7.30. The Morgan fingerprint density at radius 3 is 2.40 bits per heavy atom. The molecule has 0 aliphatic carbocycles. The maximum absolute atomic E-state index is 10.6.